The lowest BCUT2D eigenvalue weighted by molar-refractivity contribution is 1.01. The third kappa shape index (κ3) is 6.17. The lowest BCUT2D eigenvalue weighted by Gasteiger charge is -2.26. The van der Waals surface area contributed by atoms with Crippen molar-refractivity contribution in [2.24, 2.45) is 0 Å². The Balaban J connectivity index is 0.922. The van der Waals surface area contributed by atoms with Crippen molar-refractivity contribution < 1.29 is 0 Å². The minimum atomic E-state index is 1.11. The monoisotopic (exact) mass is 796 g/mol. The molecule has 12 rings (SSSR count). The maximum absolute atomic E-state index is 2.40. The Morgan fingerprint density at radius 3 is 1.80 bits per heavy atom. The first-order valence-electron chi connectivity index (χ1n) is 21.1. The SMILES string of the molecule is C1=Cc2sc3c(-c4ccc(N(c5ccc(-c6ccccc6)cc5)c5ccc(-c6ccc7c(c6)c6ccccc6n7-c6ccc7ccccc7c6)cc5)cc4)cccc3c2CC1. The molecular formula is C58H40N2S. The molecule has 0 N–H and O–H groups in total. The van der Waals surface area contributed by atoms with Gasteiger partial charge >= 0.3 is 0 Å². The first kappa shape index (κ1) is 35.5. The smallest absolute Gasteiger partial charge is 0.0541 e. The number of rotatable bonds is 7. The Morgan fingerprint density at radius 1 is 0.426 bits per heavy atom. The first-order valence-corrected chi connectivity index (χ1v) is 21.9. The molecule has 2 aromatic heterocycles. The number of aromatic nitrogens is 1. The van der Waals surface area contributed by atoms with Crippen molar-refractivity contribution >= 4 is 77.1 Å². The van der Waals surface area contributed by atoms with E-state index in [4.69, 9.17) is 0 Å². The largest absolute Gasteiger partial charge is 0.311 e. The maximum Gasteiger partial charge on any atom is 0.0541 e. The van der Waals surface area contributed by atoms with E-state index in [0.29, 0.717) is 0 Å². The van der Waals surface area contributed by atoms with Gasteiger partial charge < -0.3 is 9.47 Å². The van der Waals surface area contributed by atoms with Crippen LogP contribution in [-0.4, -0.2) is 4.57 Å². The molecule has 0 fully saturated rings. The van der Waals surface area contributed by atoms with Gasteiger partial charge in [-0.05, 0) is 141 Å². The van der Waals surface area contributed by atoms with Crippen molar-refractivity contribution in [2.75, 3.05) is 4.90 Å². The molecule has 11 aromatic rings. The molecule has 0 unspecified atom stereocenters. The van der Waals surface area contributed by atoms with E-state index >= 15 is 0 Å². The summed E-state index contributed by atoms with van der Waals surface area (Å²) in [6, 6.07) is 75.6. The average Bonchev–Trinajstić information content (AvgIpc) is 3.88. The van der Waals surface area contributed by atoms with Crippen LogP contribution < -0.4 is 4.90 Å². The number of para-hydroxylation sites is 1. The van der Waals surface area contributed by atoms with Gasteiger partial charge in [-0.2, -0.15) is 0 Å². The van der Waals surface area contributed by atoms with Crippen molar-refractivity contribution in [3.63, 3.8) is 0 Å². The van der Waals surface area contributed by atoms with Crippen LogP contribution in [0.5, 0.6) is 0 Å². The Kier molecular flexibility index (Phi) is 8.53. The maximum atomic E-state index is 2.40. The number of anilines is 3. The van der Waals surface area contributed by atoms with Gasteiger partial charge in [0.1, 0.15) is 0 Å². The summed E-state index contributed by atoms with van der Waals surface area (Å²) in [6.45, 7) is 0. The zero-order valence-electron chi connectivity index (χ0n) is 33.5. The Morgan fingerprint density at radius 2 is 1.03 bits per heavy atom. The van der Waals surface area contributed by atoms with E-state index in [1.807, 2.05) is 11.3 Å². The lowest BCUT2D eigenvalue weighted by atomic mass is 9.97. The van der Waals surface area contributed by atoms with Crippen LogP contribution in [0.1, 0.15) is 16.9 Å². The number of nitrogens with zero attached hydrogens (tertiary/aromatic N) is 2. The van der Waals surface area contributed by atoms with E-state index in [1.54, 1.807) is 0 Å². The van der Waals surface area contributed by atoms with Gasteiger partial charge in [0.15, 0.2) is 0 Å². The van der Waals surface area contributed by atoms with Gasteiger partial charge in [-0.25, -0.2) is 0 Å². The van der Waals surface area contributed by atoms with Crippen LogP contribution in [0.3, 0.4) is 0 Å². The number of aryl methyl sites for hydroxylation is 1. The zero-order valence-corrected chi connectivity index (χ0v) is 34.3. The summed E-state index contributed by atoms with van der Waals surface area (Å²) in [5.74, 6) is 0. The van der Waals surface area contributed by atoms with Gasteiger partial charge in [0.25, 0.3) is 0 Å². The molecular weight excluding hydrogens is 757 g/mol. The molecule has 0 amide bonds. The van der Waals surface area contributed by atoms with Gasteiger partial charge in [0, 0.05) is 43.1 Å². The minimum Gasteiger partial charge on any atom is -0.311 e. The van der Waals surface area contributed by atoms with Crippen LogP contribution in [0.2, 0.25) is 0 Å². The third-order valence-corrected chi connectivity index (χ3v) is 13.7. The van der Waals surface area contributed by atoms with Crippen LogP contribution in [0.4, 0.5) is 17.1 Å². The summed E-state index contributed by atoms with van der Waals surface area (Å²) in [7, 11) is 0. The summed E-state index contributed by atoms with van der Waals surface area (Å²) in [5, 5.41) is 6.40. The highest BCUT2D eigenvalue weighted by Gasteiger charge is 2.19. The number of allylic oxidation sites excluding steroid dienone is 1. The molecule has 0 saturated carbocycles. The van der Waals surface area contributed by atoms with Crippen LogP contribution in [0.15, 0.2) is 212 Å². The second-order valence-corrected chi connectivity index (χ2v) is 17.1. The molecule has 61 heavy (non-hydrogen) atoms. The van der Waals surface area contributed by atoms with Crippen LogP contribution >= 0.6 is 11.3 Å². The lowest BCUT2D eigenvalue weighted by Crippen LogP contribution is -2.09. The summed E-state index contributed by atoms with van der Waals surface area (Å²) < 4.78 is 3.79. The highest BCUT2D eigenvalue weighted by atomic mass is 32.1. The molecule has 2 nitrogen and oxygen atoms in total. The molecule has 0 atom stereocenters. The van der Waals surface area contributed by atoms with E-state index in [-0.39, 0.29) is 0 Å². The normalized spacial score (nSPS) is 12.4. The van der Waals surface area contributed by atoms with Crippen molar-refractivity contribution in [1.82, 2.24) is 4.57 Å². The summed E-state index contributed by atoms with van der Waals surface area (Å²) in [6.07, 6.45) is 6.86. The molecule has 1 aliphatic carbocycles. The fraction of sp³-hybridized carbons (Fsp3) is 0.0345. The van der Waals surface area contributed by atoms with Gasteiger partial charge in [-0.3, -0.25) is 0 Å². The highest BCUT2D eigenvalue weighted by Crippen LogP contribution is 2.43. The number of thiophene rings is 1. The van der Waals surface area contributed by atoms with Gasteiger partial charge in [-0.15, -0.1) is 11.3 Å². The van der Waals surface area contributed by atoms with E-state index in [2.05, 4.69) is 228 Å². The fourth-order valence-electron chi connectivity index (χ4n) is 9.45. The summed E-state index contributed by atoms with van der Waals surface area (Å²) >= 11 is 1.93. The molecule has 0 aliphatic heterocycles. The third-order valence-electron chi connectivity index (χ3n) is 12.5. The van der Waals surface area contributed by atoms with Crippen molar-refractivity contribution in [3.8, 4) is 39.1 Å². The number of hydrogen-bond acceptors (Lipinski definition) is 2. The fourth-order valence-corrected chi connectivity index (χ4v) is 10.8. The number of fused-ring (bicyclic) bond motifs is 7. The summed E-state index contributed by atoms with van der Waals surface area (Å²) in [4.78, 5) is 3.78. The first-order chi connectivity index (χ1) is 30.2. The van der Waals surface area contributed by atoms with Crippen molar-refractivity contribution in [1.29, 1.82) is 0 Å². The molecule has 0 bridgehead atoms. The molecule has 288 valence electrons. The molecule has 9 aromatic carbocycles. The van der Waals surface area contributed by atoms with E-state index in [0.717, 1.165) is 29.9 Å². The van der Waals surface area contributed by atoms with Crippen LogP contribution in [0.25, 0.3) is 87.8 Å². The van der Waals surface area contributed by atoms with Crippen LogP contribution in [0, 0.1) is 0 Å². The van der Waals surface area contributed by atoms with Crippen molar-refractivity contribution in [3.05, 3.63) is 223 Å². The second kappa shape index (κ2) is 14.7. The van der Waals surface area contributed by atoms with Crippen LogP contribution in [-0.2, 0) is 6.42 Å². The minimum absolute atomic E-state index is 1.11. The van der Waals surface area contributed by atoms with Gasteiger partial charge in [0.05, 0.1) is 11.0 Å². The van der Waals surface area contributed by atoms with E-state index < -0.39 is 0 Å². The molecule has 0 radical (unpaired) electrons. The molecule has 1 aliphatic rings. The quantitative estimate of drug-likeness (QED) is 0.156. The second-order valence-electron chi connectivity index (χ2n) is 16.0. The topological polar surface area (TPSA) is 8.17 Å². The number of benzene rings is 9. The van der Waals surface area contributed by atoms with Gasteiger partial charge in [0.2, 0.25) is 0 Å². The number of hydrogen-bond donors (Lipinski definition) is 0. The predicted molar refractivity (Wildman–Crippen MR) is 262 cm³/mol. The Labute approximate surface area is 359 Å². The molecule has 0 spiro atoms. The zero-order chi connectivity index (χ0) is 40.3. The van der Waals surface area contributed by atoms with Gasteiger partial charge in [-0.1, -0.05) is 146 Å². The Bertz CT molecular complexity index is 3440. The highest BCUT2D eigenvalue weighted by molar-refractivity contribution is 7.20. The Hall–Kier alpha value is -7.46. The average molecular weight is 797 g/mol. The molecule has 0 saturated heterocycles. The molecule has 2 heterocycles. The standard InChI is InChI=1S/C58H40N2S/c1-2-11-39(12-3-1)41-21-29-46(30-22-41)59(48-33-26-43(27-34-48)50-17-10-18-53-52-16-7-9-20-57(52)61-58(50)53)47-31-23-42(24-32-47)45-28-36-56-54(38-45)51-15-6-8-19-55(51)60(56)49-35-25-40-13-4-5-14-44(40)37-49/h1-6,8-15,17-38H,7,16H2. The van der Waals surface area contributed by atoms with Crippen molar-refractivity contribution in [2.45, 2.75) is 12.8 Å². The summed E-state index contributed by atoms with van der Waals surface area (Å²) in [5.41, 5.74) is 15.8. The van der Waals surface area contributed by atoms with E-state index in [9.17, 15) is 0 Å². The molecule has 3 heteroatoms. The van der Waals surface area contributed by atoms with E-state index in [1.165, 1.54) is 92.2 Å². The predicted octanol–water partition coefficient (Wildman–Crippen LogP) is 16.6.